The van der Waals surface area contributed by atoms with E-state index in [1.165, 1.54) is 24.8 Å². The molecule has 2 aromatic heterocycles. The molecule has 0 amide bonds. The summed E-state index contributed by atoms with van der Waals surface area (Å²) in [4.78, 5) is 11.8. The van der Waals surface area contributed by atoms with Crippen molar-refractivity contribution in [1.29, 1.82) is 0 Å². The first-order valence-electron chi connectivity index (χ1n) is 5.46. The maximum atomic E-state index is 11.8. The van der Waals surface area contributed by atoms with Crippen molar-refractivity contribution in [3.63, 3.8) is 0 Å². The summed E-state index contributed by atoms with van der Waals surface area (Å²) in [5.74, 6) is 0.628. The van der Waals surface area contributed by atoms with Gasteiger partial charge < -0.3 is 0 Å². The van der Waals surface area contributed by atoms with E-state index in [0.717, 1.165) is 5.52 Å². The molecule has 2 aromatic rings. The van der Waals surface area contributed by atoms with Gasteiger partial charge in [0, 0.05) is 17.8 Å². The smallest absolute Gasteiger partial charge is 0.255 e. The van der Waals surface area contributed by atoms with E-state index in [9.17, 15) is 4.79 Å². The highest BCUT2D eigenvalue weighted by Gasteiger charge is 2.20. The zero-order chi connectivity index (χ0) is 10.3. The molecule has 2 heteroatoms. The lowest BCUT2D eigenvalue weighted by Crippen LogP contribution is -2.17. The van der Waals surface area contributed by atoms with Gasteiger partial charge in [0.25, 0.3) is 5.56 Å². The van der Waals surface area contributed by atoms with Crippen LogP contribution in [0.3, 0.4) is 0 Å². The quantitative estimate of drug-likeness (QED) is 0.691. The fourth-order valence-electron chi connectivity index (χ4n) is 2.18. The van der Waals surface area contributed by atoms with E-state index in [-0.39, 0.29) is 5.56 Å². The van der Waals surface area contributed by atoms with Crippen LogP contribution in [0.4, 0.5) is 0 Å². The van der Waals surface area contributed by atoms with E-state index in [1.807, 2.05) is 24.4 Å². The zero-order valence-corrected chi connectivity index (χ0v) is 8.52. The Morgan fingerprint density at radius 1 is 1.20 bits per heavy atom. The van der Waals surface area contributed by atoms with Crippen LogP contribution in [0.2, 0.25) is 0 Å². The number of hydrogen-bond acceptors (Lipinski definition) is 1. The molecule has 0 spiro atoms. The van der Waals surface area contributed by atoms with Gasteiger partial charge in [0.15, 0.2) is 0 Å². The van der Waals surface area contributed by atoms with Crippen molar-refractivity contribution in [2.75, 3.05) is 0 Å². The van der Waals surface area contributed by atoms with E-state index >= 15 is 0 Å². The Morgan fingerprint density at radius 3 is 2.80 bits per heavy atom. The third-order valence-electron chi connectivity index (χ3n) is 3.31. The van der Waals surface area contributed by atoms with Crippen LogP contribution in [-0.2, 0) is 0 Å². The topological polar surface area (TPSA) is 21.5 Å². The first-order chi connectivity index (χ1) is 7.34. The number of rotatable bonds is 1. The van der Waals surface area contributed by atoms with Crippen LogP contribution < -0.4 is 5.56 Å². The molecule has 0 saturated heterocycles. The van der Waals surface area contributed by atoms with Crippen molar-refractivity contribution in [3.8, 4) is 0 Å². The lowest BCUT2D eigenvalue weighted by Gasteiger charge is -2.25. The molecule has 1 fully saturated rings. The van der Waals surface area contributed by atoms with Gasteiger partial charge in [-0.1, -0.05) is 12.5 Å². The summed E-state index contributed by atoms with van der Waals surface area (Å²) in [5, 5.41) is 0. The van der Waals surface area contributed by atoms with Gasteiger partial charge in [0.05, 0.1) is 0 Å². The van der Waals surface area contributed by atoms with Crippen molar-refractivity contribution < 1.29 is 0 Å². The van der Waals surface area contributed by atoms with E-state index in [1.54, 1.807) is 10.5 Å². The minimum Gasteiger partial charge on any atom is -0.284 e. The Hall–Kier alpha value is -1.57. The van der Waals surface area contributed by atoms with Gasteiger partial charge in [0.2, 0.25) is 0 Å². The lowest BCUT2D eigenvalue weighted by molar-refractivity contribution is 0.419. The summed E-state index contributed by atoms with van der Waals surface area (Å²) in [6, 6.07) is 9.78. The van der Waals surface area contributed by atoms with E-state index in [0.29, 0.717) is 5.92 Å². The van der Waals surface area contributed by atoms with Gasteiger partial charge in [-0.2, -0.15) is 0 Å². The summed E-state index contributed by atoms with van der Waals surface area (Å²) in [7, 11) is 0. The molecule has 0 atom stereocenters. The third kappa shape index (κ3) is 1.37. The molecule has 0 N–H and O–H groups in total. The number of nitrogens with zero attached hydrogens (tertiary/aromatic N) is 1. The number of hydrogen-bond donors (Lipinski definition) is 0. The average Bonchev–Trinajstić information content (AvgIpc) is 2.15. The fraction of sp³-hybridized carbons (Fsp3) is 0.308. The molecular formula is C13H13NO. The van der Waals surface area contributed by atoms with Crippen LogP contribution in [0, 0.1) is 0 Å². The Bertz CT molecular complexity index is 552. The predicted octanol–water partition coefficient (Wildman–Crippen LogP) is 2.57. The van der Waals surface area contributed by atoms with E-state index < -0.39 is 0 Å². The first-order valence-corrected chi connectivity index (χ1v) is 5.46. The largest absolute Gasteiger partial charge is 0.284 e. The Morgan fingerprint density at radius 2 is 2.07 bits per heavy atom. The molecule has 2 nitrogen and oxygen atoms in total. The van der Waals surface area contributed by atoms with Gasteiger partial charge in [0.1, 0.15) is 0 Å². The summed E-state index contributed by atoms with van der Waals surface area (Å²) >= 11 is 0. The summed E-state index contributed by atoms with van der Waals surface area (Å²) in [5.41, 5.74) is 2.32. The molecule has 0 bridgehead atoms. The monoisotopic (exact) mass is 199 g/mol. The lowest BCUT2D eigenvalue weighted by atomic mass is 9.80. The maximum Gasteiger partial charge on any atom is 0.255 e. The predicted molar refractivity (Wildman–Crippen MR) is 60.3 cm³/mol. The molecule has 1 saturated carbocycles. The highest BCUT2D eigenvalue weighted by molar-refractivity contribution is 5.49. The molecule has 0 aliphatic heterocycles. The summed E-state index contributed by atoms with van der Waals surface area (Å²) in [6.07, 6.45) is 5.60. The van der Waals surface area contributed by atoms with Gasteiger partial charge in [-0.3, -0.25) is 9.20 Å². The molecule has 2 heterocycles. The number of pyridine rings is 2. The SMILES string of the molecule is O=c1cc(C2CCC2)cc2ccccn12. The van der Waals surface area contributed by atoms with E-state index in [2.05, 4.69) is 6.07 Å². The second-order valence-electron chi connectivity index (χ2n) is 4.25. The van der Waals surface area contributed by atoms with Crippen LogP contribution in [0.15, 0.2) is 41.3 Å². The maximum absolute atomic E-state index is 11.8. The van der Waals surface area contributed by atoms with Crippen molar-refractivity contribution in [2.45, 2.75) is 25.2 Å². The summed E-state index contributed by atoms with van der Waals surface area (Å²) < 4.78 is 1.70. The Kier molecular flexibility index (Phi) is 1.88. The second-order valence-corrected chi connectivity index (χ2v) is 4.25. The van der Waals surface area contributed by atoms with Crippen molar-refractivity contribution in [3.05, 3.63) is 52.4 Å². The second kappa shape index (κ2) is 3.23. The average molecular weight is 199 g/mol. The first kappa shape index (κ1) is 8.72. The zero-order valence-electron chi connectivity index (χ0n) is 8.52. The Balaban J connectivity index is 2.22. The molecule has 3 rings (SSSR count). The number of aromatic nitrogens is 1. The van der Waals surface area contributed by atoms with Gasteiger partial charge >= 0.3 is 0 Å². The fourth-order valence-corrected chi connectivity index (χ4v) is 2.18. The molecule has 1 aliphatic rings. The van der Waals surface area contributed by atoms with Gasteiger partial charge in [-0.05, 0) is 42.5 Å². The van der Waals surface area contributed by atoms with Crippen LogP contribution in [0.1, 0.15) is 30.7 Å². The molecule has 76 valence electrons. The highest BCUT2D eigenvalue weighted by atomic mass is 16.1. The minimum atomic E-state index is 0.0926. The minimum absolute atomic E-state index is 0.0926. The summed E-state index contributed by atoms with van der Waals surface area (Å²) in [6.45, 7) is 0. The molecule has 0 aromatic carbocycles. The van der Waals surface area contributed by atoms with Crippen molar-refractivity contribution in [1.82, 2.24) is 4.40 Å². The molecular weight excluding hydrogens is 186 g/mol. The third-order valence-corrected chi connectivity index (χ3v) is 3.31. The molecule has 0 unspecified atom stereocenters. The van der Waals surface area contributed by atoms with Gasteiger partial charge in [-0.25, -0.2) is 0 Å². The highest BCUT2D eigenvalue weighted by Crippen LogP contribution is 2.35. The molecule has 15 heavy (non-hydrogen) atoms. The normalized spacial score (nSPS) is 16.5. The van der Waals surface area contributed by atoms with Crippen molar-refractivity contribution >= 4 is 5.52 Å². The molecule has 1 aliphatic carbocycles. The van der Waals surface area contributed by atoms with Crippen LogP contribution in [-0.4, -0.2) is 4.40 Å². The van der Waals surface area contributed by atoms with Crippen LogP contribution >= 0.6 is 0 Å². The standard InChI is InChI=1S/C13H13NO/c15-13-9-11(10-4-3-5-10)8-12-6-1-2-7-14(12)13/h1-2,6-10H,3-5H2. The van der Waals surface area contributed by atoms with Crippen molar-refractivity contribution in [2.24, 2.45) is 0 Å². The van der Waals surface area contributed by atoms with Crippen LogP contribution in [0.25, 0.3) is 5.52 Å². The Labute approximate surface area is 88.2 Å². The van der Waals surface area contributed by atoms with Gasteiger partial charge in [-0.15, -0.1) is 0 Å². The molecule has 0 radical (unpaired) electrons. The van der Waals surface area contributed by atoms with E-state index in [4.69, 9.17) is 0 Å². The van der Waals surface area contributed by atoms with Crippen LogP contribution in [0.5, 0.6) is 0 Å². The number of fused-ring (bicyclic) bond motifs is 1.